The van der Waals surface area contributed by atoms with Crippen LogP contribution in [0.25, 0.3) is 0 Å². The van der Waals surface area contributed by atoms with Crippen LogP contribution in [0.5, 0.6) is 0 Å². The molecule has 16 heavy (non-hydrogen) atoms. The molecule has 0 spiro atoms. The van der Waals surface area contributed by atoms with Gasteiger partial charge in [-0.1, -0.05) is 12.1 Å². The molecule has 0 amide bonds. The number of aliphatic hydroxyl groups excluding tert-OH is 1. The Morgan fingerprint density at radius 3 is 2.50 bits per heavy atom. The first-order valence-electron chi connectivity index (χ1n) is 5.07. The number of nitrogens with one attached hydrogen (secondary N) is 1. The molecule has 0 aliphatic rings. The van der Waals surface area contributed by atoms with Gasteiger partial charge >= 0.3 is 0 Å². The van der Waals surface area contributed by atoms with E-state index in [1.165, 1.54) is 12.1 Å². The molecule has 4 heteroatoms. The molecule has 1 atom stereocenters. The van der Waals surface area contributed by atoms with Gasteiger partial charge in [0.05, 0.1) is 6.10 Å². The number of aliphatic hydroxyl groups is 1. The van der Waals surface area contributed by atoms with Gasteiger partial charge in [-0.3, -0.25) is 0 Å². The van der Waals surface area contributed by atoms with Crippen molar-refractivity contribution in [2.45, 2.75) is 32.4 Å². The van der Waals surface area contributed by atoms with E-state index in [-0.39, 0.29) is 23.8 Å². The average Bonchev–Trinajstić information content (AvgIpc) is 2.13. The number of benzene rings is 1. The second-order valence-electron chi connectivity index (χ2n) is 4.70. The lowest BCUT2D eigenvalue weighted by Gasteiger charge is -2.23. The number of halogens is 2. The summed E-state index contributed by atoms with van der Waals surface area (Å²) in [6.07, 6.45) is -0.667. The Morgan fingerprint density at radius 2 is 2.00 bits per heavy atom. The van der Waals surface area contributed by atoms with E-state index >= 15 is 0 Å². The van der Waals surface area contributed by atoms with Gasteiger partial charge in [-0.25, -0.2) is 4.39 Å². The van der Waals surface area contributed by atoms with Gasteiger partial charge in [0.1, 0.15) is 5.82 Å². The molecule has 0 radical (unpaired) electrons. The van der Waals surface area contributed by atoms with Gasteiger partial charge in [0, 0.05) is 12.1 Å². The van der Waals surface area contributed by atoms with E-state index in [1.807, 2.05) is 20.8 Å². The van der Waals surface area contributed by atoms with Crippen LogP contribution in [0.15, 0.2) is 24.3 Å². The van der Waals surface area contributed by atoms with Crippen LogP contribution in [0.2, 0.25) is 0 Å². The molecule has 1 aromatic rings. The number of hydrogen-bond donors (Lipinski definition) is 2. The summed E-state index contributed by atoms with van der Waals surface area (Å²) in [5.74, 6) is -0.317. The van der Waals surface area contributed by atoms with Crippen LogP contribution in [0, 0.1) is 5.82 Å². The molecular formula is C12H19ClFNO. The minimum Gasteiger partial charge on any atom is -0.387 e. The standard InChI is InChI=1S/C12H18FNO.ClH/c1-12(2,3)14-8-11(15)9-5-4-6-10(13)7-9;/h4-7,11,14-15H,8H2,1-3H3;1H/t11-;/m0./s1. The van der Waals surface area contributed by atoms with E-state index in [9.17, 15) is 9.50 Å². The summed E-state index contributed by atoms with van der Waals surface area (Å²) in [5.41, 5.74) is 0.556. The van der Waals surface area contributed by atoms with Gasteiger partial charge in [0.2, 0.25) is 0 Å². The van der Waals surface area contributed by atoms with E-state index in [0.29, 0.717) is 12.1 Å². The van der Waals surface area contributed by atoms with Crippen LogP contribution in [0.1, 0.15) is 32.4 Å². The molecule has 92 valence electrons. The van der Waals surface area contributed by atoms with Gasteiger partial charge in [0.25, 0.3) is 0 Å². The van der Waals surface area contributed by atoms with E-state index in [2.05, 4.69) is 5.32 Å². The summed E-state index contributed by atoms with van der Waals surface area (Å²) in [6.45, 7) is 6.48. The monoisotopic (exact) mass is 247 g/mol. The Hall–Kier alpha value is -0.640. The Labute approximate surface area is 102 Å². The van der Waals surface area contributed by atoms with Crippen molar-refractivity contribution in [2.24, 2.45) is 0 Å². The minimum absolute atomic E-state index is 0. The summed E-state index contributed by atoms with van der Waals surface area (Å²) in [5, 5.41) is 12.9. The van der Waals surface area contributed by atoms with Crippen LogP contribution in [-0.4, -0.2) is 17.2 Å². The molecule has 1 rings (SSSR count). The molecule has 0 unspecified atom stereocenters. The maximum absolute atomic E-state index is 12.9. The van der Waals surface area contributed by atoms with E-state index in [4.69, 9.17) is 0 Å². The van der Waals surface area contributed by atoms with Crippen molar-refractivity contribution in [3.8, 4) is 0 Å². The maximum Gasteiger partial charge on any atom is 0.123 e. The molecule has 1 aromatic carbocycles. The lowest BCUT2D eigenvalue weighted by atomic mass is 10.1. The highest BCUT2D eigenvalue weighted by Gasteiger charge is 2.13. The van der Waals surface area contributed by atoms with Crippen molar-refractivity contribution in [3.05, 3.63) is 35.6 Å². The fraction of sp³-hybridized carbons (Fsp3) is 0.500. The van der Waals surface area contributed by atoms with Gasteiger partial charge < -0.3 is 10.4 Å². The number of β-amino-alcohol motifs (C(OH)–C–C–N with tert-alkyl or cyclic N) is 1. The SMILES string of the molecule is CC(C)(C)NC[C@H](O)c1cccc(F)c1.Cl. The lowest BCUT2D eigenvalue weighted by Crippen LogP contribution is -2.38. The quantitative estimate of drug-likeness (QED) is 0.861. The average molecular weight is 248 g/mol. The highest BCUT2D eigenvalue weighted by atomic mass is 35.5. The Balaban J connectivity index is 0.00000225. The van der Waals surface area contributed by atoms with Gasteiger partial charge in [-0.05, 0) is 38.5 Å². The molecule has 0 saturated heterocycles. The Morgan fingerprint density at radius 1 is 1.38 bits per heavy atom. The first-order valence-corrected chi connectivity index (χ1v) is 5.07. The van der Waals surface area contributed by atoms with Gasteiger partial charge in [-0.2, -0.15) is 0 Å². The molecule has 0 saturated carbocycles. The van der Waals surface area contributed by atoms with Crippen LogP contribution in [0.4, 0.5) is 4.39 Å². The predicted molar refractivity (Wildman–Crippen MR) is 66.4 cm³/mol. The Bertz CT molecular complexity index is 325. The highest BCUT2D eigenvalue weighted by Crippen LogP contribution is 2.14. The second-order valence-corrected chi connectivity index (χ2v) is 4.70. The minimum atomic E-state index is -0.667. The third-order valence-electron chi connectivity index (χ3n) is 2.06. The molecule has 2 nitrogen and oxygen atoms in total. The van der Waals surface area contributed by atoms with Crippen LogP contribution >= 0.6 is 12.4 Å². The molecule has 2 N–H and O–H groups in total. The highest BCUT2D eigenvalue weighted by molar-refractivity contribution is 5.85. The van der Waals surface area contributed by atoms with Crippen molar-refractivity contribution in [1.29, 1.82) is 0 Å². The first-order chi connectivity index (χ1) is 6.88. The van der Waals surface area contributed by atoms with Crippen molar-refractivity contribution < 1.29 is 9.50 Å². The Kier molecular flexibility index (Phi) is 5.94. The van der Waals surface area contributed by atoms with E-state index in [0.717, 1.165) is 0 Å². The lowest BCUT2D eigenvalue weighted by molar-refractivity contribution is 0.163. The van der Waals surface area contributed by atoms with E-state index in [1.54, 1.807) is 12.1 Å². The number of rotatable bonds is 3. The zero-order valence-electron chi connectivity index (χ0n) is 9.83. The van der Waals surface area contributed by atoms with Gasteiger partial charge in [-0.15, -0.1) is 12.4 Å². The van der Waals surface area contributed by atoms with Crippen molar-refractivity contribution in [1.82, 2.24) is 5.32 Å². The largest absolute Gasteiger partial charge is 0.387 e. The van der Waals surface area contributed by atoms with Crippen LogP contribution in [-0.2, 0) is 0 Å². The van der Waals surface area contributed by atoms with Crippen molar-refractivity contribution >= 4 is 12.4 Å². The summed E-state index contributed by atoms with van der Waals surface area (Å²) >= 11 is 0. The summed E-state index contributed by atoms with van der Waals surface area (Å²) in [4.78, 5) is 0. The summed E-state index contributed by atoms with van der Waals surface area (Å²) in [6, 6.07) is 6.05. The zero-order chi connectivity index (χ0) is 11.5. The molecule has 0 bridgehead atoms. The van der Waals surface area contributed by atoms with E-state index < -0.39 is 6.10 Å². The number of hydrogen-bond acceptors (Lipinski definition) is 2. The normalized spacial score (nSPS) is 13.1. The molecule has 0 aliphatic carbocycles. The summed E-state index contributed by atoms with van der Waals surface area (Å²) < 4.78 is 12.9. The third-order valence-corrected chi connectivity index (χ3v) is 2.06. The van der Waals surface area contributed by atoms with Gasteiger partial charge in [0.15, 0.2) is 0 Å². The predicted octanol–water partition coefficient (Wildman–Crippen LogP) is 2.67. The van der Waals surface area contributed by atoms with Crippen LogP contribution in [0.3, 0.4) is 0 Å². The smallest absolute Gasteiger partial charge is 0.123 e. The molecule has 0 fully saturated rings. The fourth-order valence-corrected chi connectivity index (χ4v) is 1.23. The zero-order valence-corrected chi connectivity index (χ0v) is 10.6. The maximum atomic E-state index is 12.9. The topological polar surface area (TPSA) is 32.3 Å². The first kappa shape index (κ1) is 15.4. The molecule has 0 heterocycles. The molecule has 0 aliphatic heterocycles. The van der Waals surface area contributed by atoms with Crippen molar-refractivity contribution in [2.75, 3.05) is 6.54 Å². The molecule has 0 aromatic heterocycles. The summed E-state index contributed by atoms with van der Waals surface area (Å²) in [7, 11) is 0. The van der Waals surface area contributed by atoms with Crippen molar-refractivity contribution in [3.63, 3.8) is 0 Å². The second kappa shape index (κ2) is 6.18. The molecular weight excluding hydrogens is 229 g/mol. The van der Waals surface area contributed by atoms with Crippen LogP contribution < -0.4 is 5.32 Å². The third kappa shape index (κ3) is 5.45. The fourth-order valence-electron chi connectivity index (χ4n) is 1.23.